The average Bonchev–Trinajstić information content (AvgIpc) is 2.99. The summed E-state index contributed by atoms with van der Waals surface area (Å²) in [6.45, 7) is 4.03. The highest BCUT2D eigenvalue weighted by Crippen LogP contribution is 2.25. The number of likely N-dealkylation sites (tertiary alicyclic amines) is 1. The number of nitrogens with zero attached hydrogens (tertiary/aromatic N) is 1. The predicted octanol–water partition coefficient (Wildman–Crippen LogP) is 1.54. The lowest BCUT2D eigenvalue weighted by molar-refractivity contribution is -0.898. The maximum atomic E-state index is 12.5. The molecule has 1 saturated heterocycles. The molecule has 3 rings (SSSR count). The van der Waals surface area contributed by atoms with Crippen LogP contribution in [0.3, 0.4) is 0 Å². The van der Waals surface area contributed by atoms with Gasteiger partial charge in [0.25, 0.3) is 5.91 Å². The first-order valence-corrected chi connectivity index (χ1v) is 8.97. The highest BCUT2D eigenvalue weighted by molar-refractivity contribution is 5.97. The van der Waals surface area contributed by atoms with Crippen LogP contribution in [0.5, 0.6) is 5.75 Å². The van der Waals surface area contributed by atoms with Crippen molar-refractivity contribution in [3.8, 4) is 17.1 Å². The summed E-state index contributed by atoms with van der Waals surface area (Å²) in [6.07, 6.45) is 6.55. The molecule has 0 bridgehead atoms. The van der Waals surface area contributed by atoms with Crippen molar-refractivity contribution >= 4 is 5.91 Å². The van der Waals surface area contributed by atoms with Crippen molar-refractivity contribution in [2.45, 2.75) is 25.7 Å². The van der Waals surface area contributed by atoms with E-state index in [0.717, 1.165) is 17.9 Å². The Morgan fingerprint density at radius 2 is 1.92 bits per heavy atom. The van der Waals surface area contributed by atoms with Gasteiger partial charge in [-0.3, -0.25) is 4.79 Å². The quantitative estimate of drug-likeness (QED) is 0.834. The minimum Gasteiger partial charge on any atom is -0.497 e. The number of aromatic nitrogens is 1. The lowest BCUT2D eigenvalue weighted by Crippen LogP contribution is -3.12. The molecule has 1 aromatic heterocycles. The number of ether oxygens (including phenoxy) is 1. The van der Waals surface area contributed by atoms with Crippen LogP contribution in [-0.2, 0) is 0 Å². The Morgan fingerprint density at radius 1 is 1.20 bits per heavy atom. The van der Waals surface area contributed by atoms with Crippen molar-refractivity contribution < 1.29 is 18.8 Å². The second-order valence-electron chi connectivity index (χ2n) is 6.43. The third kappa shape index (κ3) is 4.60. The van der Waals surface area contributed by atoms with Crippen molar-refractivity contribution in [1.82, 2.24) is 10.3 Å². The molecule has 1 fully saturated rings. The predicted molar refractivity (Wildman–Crippen MR) is 94.9 cm³/mol. The van der Waals surface area contributed by atoms with Gasteiger partial charge in [0, 0.05) is 5.56 Å². The summed E-state index contributed by atoms with van der Waals surface area (Å²) in [7, 11) is 1.62. The molecule has 1 aromatic carbocycles. The smallest absolute Gasteiger partial charge is 0.274 e. The van der Waals surface area contributed by atoms with Gasteiger partial charge in [0.2, 0.25) is 0 Å². The first kappa shape index (κ1) is 17.5. The Hall–Kier alpha value is -2.34. The maximum Gasteiger partial charge on any atom is 0.274 e. The summed E-state index contributed by atoms with van der Waals surface area (Å²) >= 11 is 0. The highest BCUT2D eigenvalue weighted by atomic mass is 16.5. The normalized spacial score (nSPS) is 15.6. The van der Waals surface area contributed by atoms with Gasteiger partial charge in [-0.05, 0) is 49.9 Å². The highest BCUT2D eigenvalue weighted by Gasteiger charge is 2.19. The molecule has 25 heavy (non-hydrogen) atoms. The van der Waals surface area contributed by atoms with Crippen LogP contribution < -0.4 is 15.0 Å². The molecule has 6 nitrogen and oxygen atoms in total. The van der Waals surface area contributed by atoms with Crippen LogP contribution in [0.15, 0.2) is 35.1 Å². The Balaban J connectivity index is 1.58. The molecule has 0 unspecified atom stereocenters. The van der Waals surface area contributed by atoms with Crippen LogP contribution in [-0.4, -0.2) is 44.2 Å². The van der Waals surface area contributed by atoms with Crippen LogP contribution in [0, 0.1) is 0 Å². The van der Waals surface area contributed by atoms with Gasteiger partial charge in [-0.25, -0.2) is 4.98 Å². The molecule has 1 amide bonds. The number of amides is 1. The Kier molecular flexibility index (Phi) is 6.06. The van der Waals surface area contributed by atoms with Crippen molar-refractivity contribution in [3.63, 3.8) is 0 Å². The van der Waals surface area contributed by atoms with E-state index in [9.17, 15) is 4.79 Å². The van der Waals surface area contributed by atoms with E-state index in [4.69, 9.17) is 9.15 Å². The summed E-state index contributed by atoms with van der Waals surface area (Å²) in [5, 5.41) is 2.98. The first-order chi connectivity index (χ1) is 12.3. The Bertz CT molecular complexity index is 673. The molecule has 2 aromatic rings. The zero-order chi connectivity index (χ0) is 17.5. The molecule has 0 spiro atoms. The summed E-state index contributed by atoms with van der Waals surface area (Å²) in [5.41, 5.74) is 1.14. The van der Waals surface area contributed by atoms with E-state index in [0.29, 0.717) is 18.0 Å². The number of carbonyl (C=O) groups excluding carboxylic acids is 1. The zero-order valence-electron chi connectivity index (χ0n) is 14.7. The van der Waals surface area contributed by atoms with E-state index in [-0.39, 0.29) is 5.91 Å². The minimum absolute atomic E-state index is 0.186. The second kappa shape index (κ2) is 8.67. The van der Waals surface area contributed by atoms with Gasteiger partial charge < -0.3 is 19.4 Å². The monoisotopic (exact) mass is 344 g/mol. The van der Waals surface area contributed by atoms with Crippen molar-refractivity contribution in [1.29, 1.82) is 0 Å². The van der Waals surface area contributed by atoms with Crippen molar-refractivity contribution in [2.75, 3.05) is 33.3 Å². The van der Waals surface area contributed by atoms with Gasteiger partial charge in [-0.15, -0.1) is 0 Å². The van der Waals surface area contributed by atoms with Gasteiger partial charge in [-0.2, -0.15) is 0 Å². The number of nitrogens with one attached hydrogen (secondary N) is 2. The van der Waals surface area contributed by atoms with Crippen LogP contribution in [0.1, 0.15) is 36.2 Å². The zero-order valence-corrected chi connectivity index (χ0v) is 14.7. The molecule has 0 aliphatic carbocycles. The summed E-state index contributed by atoms with van der Waals surface area (Å²) < 4.78 is 10.6. The van der Waals surface area contributed by atoms with Crippen molar-refractivity contribution in [3.05, 3.63) is 36.4 Å². The fourth-order valence-corrected chi connectivity index (χ4v) is 3.27. The summed E-state index contributed by atoms with van der Waals surface area (Å²) in [6, 6.07) is 7.39. The van der Waals surface area contributed by atoms with Crippen LogP contribution in [0.2, 0.25) is 0 Å². The van der Waals surface area contributed by atoms with Crippen molar-refractivity contribution in [2.24, 2.45) is 0 Å². The molecule has 1 aliphatic heterocycles. The number of carbonyl (C=O) groups is 1. The number of hydrogen-bond acceptors (Lipinski definition) is 4. The lowest BCUT2D eigenvalue weighted by Gasteiger charge is -2.16. The van der Waals surface area contributed by atoms with E-state index in [1.165, 1.54) is 45.2 Å². The van der Waals surface area contributed by atoms with Gasteiger partial charge in [0.1, 0.15) is 5.75 Å². The number of methoxy groups -OCH3 is 1. The third-order valence-corrected chi connectivity index (χ3v) is 4.71. The third-order valence-electron chi connectivity index (χ3n) is 4.71. The van der Waals surface area contributed by atoms with Crippen LogP contribution >= 0.6 is 0 Å². The minimum atomic E-state index is -0.186. The molecular weight excluding hydrogens is 318 g/mol. The molecule has 1 aliphatic rings. The molecule has 2 N–H and O–H groups in total. The molecule has 0 saturated carbocycles. The van der Waals surface area contributed by atoms with E-state index in [1.54, 1.807) is 12.0 Å². The average molecular weight is 344 g/mol. The number of oxazole rings is 1. The van der Waals surface area contributed by atoms with E-state index in [2.05, 4.69) is 10.3 Å². The maximum absolute atomic E-state index is 12.5. The Labute approximate surface area is 148 Å². The van der Waals surface area contributed by atoms with Gasteiger partial charge in [0.15, 0.2) is 17.8 Å². The van der Waals surface area contributed by atoms with E-state index < -0.39 is 0 Å². The topological polar surface area (TPSA) is 68.8 Å². The number of benzene rings is 1. The van der Waals surface area contributed by atoms with Crippen LogP contribution in [0.25, 0.3) is 11.3 Å². The summed E-state index contributed by atoms with van der Waals surface area (Å²) in [4.78, 5) is 18.1. The van der Waals surface area contributed by atoms with Gasteiger partial charge in [-0.1, -0.05) is 0 Å². The van der Waals surface area contributed by atoms with E-state index >= 15 is 0 Å². The lowest BCUT2D eigenvalue weighted by atomic mass is 10.1. The number of hydrogen-bond donors (Lipinski definition) is 2. The molecule has 0 radical (unpaired) electrons. The summed E-state index contributed by atoms with van der Waals surface area (Å²) in [5.74, 6) is 1.06. The number of rotatable bonds is 6. The standard InChI is InChI=1S/C19H25N3O3/c1-24-16-8-6-15(7-9-16)18-17(21-14-25-18)19(23)20-10-13-22-11-4-2-3-5-12-22/h6-9,14H,2-5,10-13H2,1H3,(H,20,23)/p+1. The largest absolute Gasteiger partial charge is 0.497 e. The molecule has 134 valence electrons. The van der Waals surface area contributed by atoms with Crippen LogP contribution in [0.4, 0.5) is 0 Å². The molecule has 6 heteroatoms. The van der Waals surface area contributed by atoms with Gasteiger partial charge >= 0.3 is 0 Å². The first-order valence-electron chi connectivity index (χ1n) is 8.97. The number of quaternary nitrogens is 1. The SMILES string of the molecule is COc1ccc(-c2ocnc2C(=O)NCC[NH+]2CCCCCC2)cc1. The fraction of sp³-hybridized carbons (Fsp3) is 0.474. The Morgan fingerprint density at radius 3 is 2.60 bits per heavy atom. The molecule has 2 heterocycles. The fourth-order valence-electron chi connectivity index (χ4n) is 3.27. The van der Waals surface area contributed by atoms with Gasteiger partial charge in [0.05, 0.1) is 33.3 Å². The molecular formula is C19H26N3O3+. The van der Waals surface area contributed by atoms with E-state index in [1.807, 2.05) is 24.3 Å². The second-order valence-corrected chi connectivity index (χ2v) is 6.43. The molecule has 0 atom stereocenters.